The van der Waals surface area contributed by atoms with Gasteiger partial charge in [-0.1, -0.05) is 26.7 Å². The van der Waals surface area contributed by atoms with Crippen molar-refractivity contribution in [2.75, 3.05) is 7.11 Å². The first-order valence-electron chi connectivity index (χ1n) is 10.5. The van der Waals surface area contributed by atoms with E-state index < -0.39 is 0 Å². The van der Waals surface area contributed by atoms with Crippen molar-refractivity contribution < 1.29 is 9.53 Å². The molecule has 2 aromatic heterocycles. The number of hydrogen-bond acceptors (Lipinski definition) is 4. The van der Waals surface area contributed by atoms with Crippen molar-refractivity contribution in [2.24, 2.45) is 11.8 Å². The number of fused-ring (bicyclic) bond motifs is 3. The zero-order chi connectivity index (χ0) is 21.4. The number of carbonyl (C=O) groups excluding carboxylic acids is 1. The van der Waals surface area contributed by atoms with Crippen LogP contribution in [0.3, 0.4) is 0 Å². The second kappa shape index (κ2) is 8.26. The Balaban J connectivity index is 1.56. The van der Waals surface area contributed by atoms with E-state index in [0.717, 1.165) is 23.7 Å². The number of ether oxygens (including phenoxy) is 1. The summed E-state index contributed by atoms with van der Waals surface area (Å²) in [7, 11) is 1.60. The lowest BCUT2D eigenvalue weighted by molar-refractivity contribution is -0.122. The van der Waals surface area contributed by atoms with Gasteiger partial charge in [-0.3, -0.25) is 14.2 Å². The van der Waals surface area contributed by atoms with Gasteiger partial charge in [0.05, 0.1) is 12.6 Å². The van der Waals surface area contributed by atoms with Gasteiger partial charge < -0.3 is 20.0 Å². The van der Waals surface area contributed by atoms with E-state index in [1.54, 1.807) is 7.11 Å². The first-order valence-corrected chi connectivity index (χ1v) is 10.9. The van der Waals surface area contributed by atoms with Crippen LogP contribution in [0.15, 0.2) is 23.0 Å². The molecule has 3 atom stereocenters. The van der Waals surface area contributed by atoms with Crippen molar-refractivity contribution in [3.63, 3.8) is 0 Å². The van der Waals surface area contributed by atoms with Gasteiger partial charge in [0.1, 0.15) is 11.3 Å². The fraction of sp³-hybridized carbons (Fsp3) is 0.500. The third-order valence-corrected chi connectivity index (χ3v) is 6.88. The molecule has 2 heterocycles. The predicted octanol–water partition coefficient (Wildman–Crippen LogP) is 3.88. The van der Waals surface area contributed by atoms with E-state index in [-0.39, 0.29) is 30.5 Å². The smallest absolute Gasteiger partial charge is 0.278 e. The zero-order valence-electron chi connectivity index (χ0n) is 17.6. The molecule has 8 heteroatoms. The molecular weight excluding hydrogens is 400 g/mol. The van der Waals surface area contributed by atoms with Crippen LogP contribution in [0.25, 0.3) is 21.9 Å². The Kier molecular flexibility index (Phi) is 5.69. The van der Waals surface area contributed by atoms with Gasteiger partial charge >= 0.3 is 0 Å². The van der Waals surface area contributed by atoms with Gasteiger partial charge in [0, 0.05) is 29.9 Å². The molecule has 7 nitrogen and oxygen atoms in total. The third-order valence-electron chi connectivity index (χ3n) is 6.56. The number of nitrogens with one attached hydrogen (secondary N) is 3. The highest BCUT2D eigenvalue weighted by Gasteiger charge is 2.28. The van der Waals surface area contributed by atoms with Crippen LogP contribution in [0.1, 0.15) is 39.5 Å². The van der Waals surface area contributed by atoms with Crippen LogP contribution in [-0.4, -0.2) is 33.6 Å². The molecule has 1 aromatic carbocycles. The lowest BCUT2D eigenvalue weighted by Crippen LogP contribution is -2.44. The first-order chi connectivity index (χ1) is 14.4. The van der Waals surface area contributed by atoms with Gasteiger partial charge in [0.2, 0.25) is 5.91 Å². The van der Waals surface area contributed by atoms with E-state index in [1.807, 2.05) is 18.2 Å². The molecule has 4 rings (SSSR count). The Morgan fingerprint density at radius 3 is 2.83 bits per heavy atom. The number of rotatable bonds is 5. The molecule has 1 saturated carbocycles. The van der Waals surface area contributed by atoms with Crippen molar-refractivity contribution in [1.82, 2.24) is 19.9 Å². The lowest BCUT2D eigenvalue weighted by Gasteiger charge is -2.34. The summed E-state index contributed by atoms with van der Waals surface area (Å²) in [5.74, 6) is 1.75. The summed E-state index contributed by atoms with van der Waals surface area (Å²) in [4.78, 5) is 31.9. The monoisotopic (exact) mass is 428 g/mol. The molecule has 0 aliphatic heterocycles. The normalized spacial score (nSPS) is 21.8. The maximum absolute atomic E-state index is 13.1. The molecule has 1 fully saturated rings. The summed E-state index contributed by atoms with van der Waals surface area (Å²) in [6.07, 6.45) is 3.59. The van der Waals surface area contributed by atoms with Crippen LogP contribution in [0, 0.1) is 16.6 Å². The van der Waals surface area contributed by atoms with Gasteiger partial charge in [-0.2, -0.15) is 0 Å². The number of methoxy groups -OCH3 is 1. The number of amides is 1. The molecule has 160 valence electrons. The maximum Gasteiger partial charge on any atom is 0.278 e. The summed E-state index contributed by atoms with van der Waals surface area (Å²) in [6, 6.07) is 5.78. The first kappa shape index (κ1) is 20.7. The van der Waals surface area contributed by atoms with Crippen molar-refractivity contribution in [2.45, 2.75) is 52.1 Å². The highest BCUT2D eigenvalue weighted by Crippen LogP contribution is 2.29. The van der Waals surface area contributed by atoms with E-state index in [2.05, 4.69) is 29.1 Å². The van der Waals surface area contributed by atoms with E-state index in [9.17, 15) is 9.59 Å². The van der Waals surface area contributed by atoms with E-state index in [0.29, 0.717) is 33.4 Å². The highest BCUT2D eigenvalue weighted by molar-refractivity contribution is 7.71. The third kappa shape index (κ3) is 3.76. The molecule has 0 spiro atoms. The highest BCUT2D eigenvalue weighted by atomic mass is 32.1. The molecule has 1 amide bonds. The summed E-state index contributed by atoms with van der Waals surface area (Å²) >= 11 is 5.44. The number of carbonyl (C=O) groups is 1. The second-order valence-electron chi connectivity index (χ2n) is 8.36. The minimum Gasteiger partial charge on any atom is -0.497 e. The van der Waals surface area contributed by atoms with E-state index in [4.69, 9.17) is 17.0 Å². The van der Waals surface area contributed by atoms with Crippen molar-refractivity contribution >= 4 is 40.1 Å². The van der Waals surface area contributed by atoms with Crippen LogP contribution in [-0.2, 0) is 11.3 Å². The number of aromatic nitrogens is 3. The maximum atomic E-state index is 13.1. The Morgan fingerprint density at radius 2 is 2.07 bits per heavy atom. The van der Waals surface area contributed by atoms with Gasteiger partial charge in [-0.15, -0.1) is 0 Å². The van der Waals surface area contributed by atoms with Crippen molar-refractivity contribution in [1.29, 1.82) is 0 Å². The molecule has 3 aromatic rings. The predicted molar refractivity (Wildman–Crippen MR) is 121 cm³/mol. The van der Waals surface area contributed by atoms with Crippen molar-refractivity contribution in [3.8, 4) is 5.75 Å². The second-order valence-corrected chi connectivity index (χ2v) is 8.75. The Morgan fingerprint density at radius 1 is 1.27 bits per heavy atom. The Bertz CT molecular complexity index is 1210. The van der Waals surface area contributed by atoms with E-state index in [1.165, 1.54) is 11.0 Å². The largest absolute Gasteiger partial charge is 0.497 e. The molecule has 0 unspecified atom stereocenters. The fourth-order valence-corrected chi connectivity index (χ4v) is 4.75. The molecule has 3 N–H and O–H groups in total. The van der Waals surface area contributed by atoms with Crippen LogP contribution in [0.4, 0.5) is 0 Å². The fourth-order valence-electron chi connectivity index (χ4n) is 4.47. The number of H-pyrrole nitrogens is 2. The molecule has 1 aliphatic rings. The van der Waals surface area contributed by atoms with Crippen LogP contribution in [0.2, 0.25) is 0 Å². The number of hydrogen-bond donors (Lipinski definition) is 3. The molecule has 30 heavy (non-hydrogen) atoms. The van der Waals surface area contributed by atoms with Gasteiger partial charge in [0.15, 0.2) is 4.77 Å². The van der Waals surface area contributed by atoms with Crippen LogP contribution >= 0.6 is 12.2 Å². The van der Waals surface area contributed by atoms with Crippen LogP contribution < -0.4 is 15.6 Å². The number of nitrogens with zero attached hydrogens (tertiary/aromatic N) is 1. The summed E-state index contributed by atoms with van der Waals surface area (Å²) < 4.78 is 7.05. The Hall–Kier alpha value is -2.61. The minimum atomic E-state index is -0.226. The van der Waals surface area contributed by atoms with Crippen LogP contribution in [0.5, 0.6) is 5.75 Å². The number of benzene rings is 1. The Labute approximate surface area is 179 Å². The average molecular weight is 429 g/mol. The molecule has 1 aliphatic carbocycles. The zero-order valence-corrected chi connectivity index (χ0v) is 18.4. The van der Waals surface area contributed by atoms with Gasteiger partial charge in [-0.05, 0) is 48.7 Å². The minimum absolute atomic E-state index is 0.0382. The van der Waals surface area contributed by atoms with E-state index >= 15 is 0 Å². The summed E-state index contributed by atoms with van der Waals surface area (Å²) in [5.41, 5.74) is 1.70. The average Bonchev–Trinajstić information content (AvgIpc) is 3.09. The van der Waals surface area contributed by atoms with Gasteiger partial charge in [-0.25, -0.2) is 0 Å². The van der Waals surface area contributed by atoms with Crippen molar-refractivity contribution in [3.05, 3.63) is 33.3 Å². The molecule has 0 radical (unpaired) electrons. The molecule has 0 bridgehead atoms. The van der Waals surface area contributed by atoms with Gasteiger partial charge in [0.25, 0.3) is 5.56 Å². The summed E-state index contributed by atoms with van der Waals surface area (Å²) in [5, 5.41) is 4.00. The topological polar surface area (TPSA) is 91.9 Å². The standard InChI is InChI=1S/C22H28N4O3S/c1-12-5-4-6-16(13(12)2)23-18(27)9-10-26-21(28)20-19(25-22(26)30)15-11-14(29-3)7-8-17(15)24-20/h7-8,11-13,16,24H,4-6,9-10H2,1-3H3,(H,23,27)(H,25,30)/t12-,13-,16-/m1/s1. The molecular formula is C22H28N4O3S. The SMILES string of the molecule is COc1ccc2[nH]c3c(=O)n(CCC(=O)N[C@@H]4CCC[C@@H](C)[C@H]4C)c(=S)[nH]c3c2c1. The number of aromatic amines is 2. The lowest BCUT2D eigenvalue weighted by atomic mass is 9.78. The summed E-state index contributed by atoms with van der Waals surface area (Å²) in [6.45, 7) is 4.69. The molecule has 0 saturated heterocycles. The quantitative estimate of drug-likeness (QED) is 0.538.